The first-order chi connectivity index (χ1) is 11.5. The van der Waals surface area contributed by atoms with Crippen molar-refractivity contribution in [3.05, 3.63) is 62.1 Å². The third kappa shape index (κ3) is 3.66. The van der Waals surface area contributed by atoms with Crippen molar-refractivity contribution in [3.8, 4) is 0 Å². The first-order valence-electron chi connectivity index (χ1n) is 8.07. The summed E-state index contributed by atoms with van der Waals surface area (Å²) in [6.45, 7) is 3.96. The number of carbonyl (C=O) groups is 1. The first-order valence-corrected chi connectivity index (χ1v) is 9.24. The molecule has 5 heteroatoms. The summed E-state index contributed by atoms with van der Waals surface area (Å²) in [5.41, 5.74) is 4.95. The number of benzene rings is 2. The lowest BCUT2D eigenvalue weighted by molar-refractivity contribution is 0.102. The van der Waals surface area contributed by atoms with Crippen molar-refractivity contribution in [2.45, 2.75) is 26.3 Å². The smallest absolute Gasteiger partial charge is 0.255 e. The maximum atomic E-state index is 12.5. The van der Waals surface area contributed by atoms with Crippen molar-refractivity contribution >= 4 is 39.1 Å². The van der Waals surface area contributed by atoms with E-state index < -0.39 is 0 Å². The minimum atomic E-state index is -0.126. The Hall–Kier alpha value is -1.36. The van der Waals surface area contributed by atoms with Gasteiger partial charge in [0.2, 0.25) is 0 Å². The molecule has 0 saturated heterocycles. The van der Waals surface area contributed by atoms with Gasteiger partial charge >= 0.3 is 0 Å². The van der Waals surface area contributed by atoms with Gasteiger partial charge in [0.25, 0.3) is 5.91 Å². The second kappa shape index (κ2) is 7.26. The largest absolute Gasteiger partial charge is 0.322 e. The van der Waals surface area contributed by atoms with Crippen molar-refractivity contribution in [1.29, 1.82) is 0 Å². The van der Waals surface area contributed by atoms with Gasteiger partial charge in [0.1, 0.15) is 0 Å². The molecule has 1 aliphatic rings. The Morgan fingerprint density at radius 3 is 2.83 bits per heavy atom. The van der Waals surface area contributed by atoms with Crippen LogP contribution in [0.3, 0.4) is 0 Å². The molecule has 3 nitrogen and oxygen atoms in total. The van der Waals surface area contributed by atoms with E-state index in [0.717, 1.165) is 41.1 Å². The molecule has 1 aliphatic heterocycles. The van der Waals surface area contributed by atoms with E-state index in [1.54, 1.807) is 0 Å². The van der Waals surface area contributed by atoms with Gasteiger partial charge in [-0.25, -0.2) is 0 Å². The third-order valence-electron chi connectivity index (χ3n) is 4.43. The van der Waals surface area contributed by atoms with Crippen LogP contribution in [0.2, 0.25) is 5.02 Å². The molecule has 0 atom stereocenters. The fraction of sp³-hybridized carbons (Fsp3) is 0.316. The Morgan fingerprint density at radius 2 is 2.12 bits per heavy atom. The lowest BCUT2D eigenvalue weighted by Crippen LogP contribution is -2.27. The highest BCUT2D eigenvalue weighted by Gasteiger charge is 2.18. The molecule has 2 aromatic rings. The van der Waals surface area contributed by atoms with Crippen LogP contribution in [0.25, 0.3) is 0 Å². The number of fused-ring (bicyclic) bond motifs is 1. The van der Waals surface area contributed by atoms with Gasteiger partial charge in [-0.2, -0.15) is 0 Å². The zero-order valence-electron chi connectivity index (χ0n) is 13.8. The van der Waals surface area contributed by atoms with E-state index in [9.17, 15) is 4.79 Å². The van der Waals surface area contributed by atoms with Crippen molar-refractivity contribution in [2.24, 2.45) is 0 Å². The molecule has 24 heavy (non-hydrogen) atoms. The number of aryl methyl sites for hydroxylation is 1. The minimum absolute atomic E-state index is 0.126. The van der Waals surface area contributed by atoms with Crippen LogP contribution in [0.5, 0.6) is 0 Å². The summed E-state index contributed by atoms with van der Waals surface area (Å²) < 4.78 is 0.961. The number of rotatable bonds is 3. The molecule has 1 amide bonds. The molecular weight excluding hydrogens is 388 g/mol. The molecule has 0 aliphatic carbocycles. The Bertz CT molecular complexity index is 791. The zero-order valence-corrected chi connectivity index (χ0v) is 16.2. The molecule has 0 fully saturated rings. The van der Waals surface area contributed by atoms with Gasteiger partial charge in [0.15, 0.2) is 0 Å². The number of hydrogen-bond donors (Lipinski definition) is 1. The van der Waals surface area contributed by atoms with E-state index in [1.807, 2.05) is 30.3 Å². The molecule has 0 unspecified atom stereocenters. The highest BCUT2D eigenvalue weighted by atomic mass is 79.9. The third-order valence-corrected chi connectivity index (χ3v) is 5.50. The van der Waals surface area contributed by atoms with Crippen LogP contribution in [-0.4, -0.2) is 24.4 Å². The van der Waals surface area contributed by atoms with E-state index in [4.69, 9.17) is 11.6 Å². The summed E-state index contributed by atoms with van der Waals surface area (Å²) >= 11 is 9.93. The van der Waals surface area contributed by atoms with Crippen LogP contribution in [0, 0.1) is 0 Å². The molecule has 0 aromatic heterocycles. The van der Waals surface area contributed by atoms with Crippen LogP contribution in [0.4, 0.5) is 5.69 Å². The maximum Gasteiger partial charge on any atom is 0.255 e. The Labute approximate surface area is 156 Å². The fourth-order valence-corrected chi connectivity index (χ4v) is 4.03. The van der Waals surface area contributed by atoms with Crippen molar-refractivity contribution in [3.63, 3.8) is 0 Å². The van der Waals surface area contributed by atoms with Crippen molar-refractivity contribution < 1.29 is 4.79 Å². The van der Waals surface area contributed by atoms with E-state index in [0.29, 0.717) is 5.56 Å². The summed E-state index contributed by atoms with van der Waals surface area (Å²) in [6.07, 6.45) is 1.88. The fourth-order valence-electron chi connectivity index (χ4n) is 3.04. The molecule has 0 saturated carbocycles. The lowest BCUT2D eigenvalue weighted by Gasteiger charge is -2.26. The number of carbonyl (C=O) groups excluding carboxylic acids is 1. The van der Waals surface area contributed by atoms with Gasteiger partial charge in [-0.15, -0.1) is 0 Å². The molecule has 126 valence electrons. The predicted molar refractivity (Wildman–Crippen MR) is 103 cm³/mol. The van der Waals surface area contributed by atoms with Crippen molar-refractivity contribution in [1.82, 2.24) is 4.90 Å². The predicted octanol–water partition coefficient (Wildman–Crippen LogP) is 4.91. The summed E-state index contributed by atoms with van der Waals surface area (Å²) in [6, 6.07) is 9.58. The minimum Gasteiger partial charge on any atom is -0.322 e. The van der Waals surface area contributed by atoms with Gasteiger partial charge in [-0.05, 0) is 60.8 Å². The molecule has 0 radical (unpaired) electrons. The molecule has 2 aromatic carbocycles. The zero-order chi connectivity index (χ0) is 17.3. The number of anilines is 1. The summed E-state index contributed by atoms with van der Waals surface area (Å²) in [5, 5.41) is 3.70. The quantitative estimate of drug-likeness (QED) is 0.784. The van der Waals surface area contributed by atoms with Crippen LogP contribution < -0.4 is 5.32 Å². The maximum absolute atomic E-state index is 12.5. The Morgan fingerprint density at radius 1 is 1.33 bits per heavy atom. The summed E-state index contributed by atoms with van der Waals surface area (Å²) in [7, 11) is 2.09. The van der Waals surface area contributed by atoms with Crippen LogP contribution in [-0.2, 0) is 19.4 Å². The van der Waals surface area contributed by atoms with E-state index >= 15 is 0 Å². The highest BCUT2D eigenvalue weighted by molar-refractivity contribution is 9.10. The molecule has 0 bridgehead atoms. The Kier molecular flexibility index (Phi) is 5.28. The van der Waals surface area contributed by atoms with E-state index in [2.05, 4.69) is 40.1 Å². The number of amides is 1. The van der Waals surface area contributed by atoms with Gasteiger partial charge < -0.3 is 10.2 Å². The van der Waals surface area contributed by atoms with Crippen LogP contribution >= 0.6 is 27.5 Å². The van der Waals surface area contributed by atoms with Gasteiger partial charge in [-0.1, -0.05) is 40.5 Å². The van der Waals surface area contributed by atoms with Crippen LogP contribution in [0.1, 0.15) is 34.0 Å². The van der Waals surface area contributed by atoms with E-state index in [-0.39, 0.29) is 5.91 Å². The first kappa shape index (κ1) is 17.5. The Balaban J connectivity index is 1.83. The molecule has 1 N–H and O–H groups in total. The van der Waals surface area contributed by atoms with Crippen LogP contribution in [0.15, 0.2) is 34.8 Å². The standard InChI is InChI=1S/C19H20BrClN2O/c1-3-12-4-5-13(9-17(12)20)19(24)22-15-8-14-11-23(2)7-6-16(14)18(21)10-15/h4-5,8-10H,3,6-7,11H2,1-2H3,(H,22,24). The van der Waals surface area contributed by atoms with Crippen molar-refractivity contribution in [2.75, 3.05) is 18.9 Å². The molecule has 3 rings (SSSR count). The average Bonchev–Trinajstić information content (AvgIpc) is 2.54. The topological polar surface area (TPSA) is 32.3 Å². The molecular formula is C19H20BrClN2O. The average molecular weight is 408 g/mol. The molecule has 1 heterocycles. The second-order valence-corrected chi connectivity index (χ2v) is 7.46. The van der Waals surface area contributed by atoms with Gasteiger partial charge in [0.05, 0.1) is 0 Å². The second-order valence-electron chi connectivity index (χ2n) is 6.20. The SMILES string of the molecule is CCc1ccc(C(=O)Nc2cc(Cl)c3c(c2)CN(C)CC3)cc1Br. The number of hydrogen-bond acceptors (Lipinski definition) is 2. The lowest BCUT2D eigenvalue weighted by atomic mass is 9.99. The molecule has 0 spiro atoms. The van der Waals surface area contributed by atoms with Gasteiger partial charge in [0, 0.05) is 33.8 Å². The normalized spacial score (nSPS) is 14.3. The monoisotopic (exact) mass is 406 g/mol. The summed E-state index contributed by atoms with van der Waals surface area (Å²) in [5.74, 6) is -0.126. The van der Waals surface area contributed by atoms with Gasteiger partial charge in [-0.3, -0.25) is 4.79 Å². The number of halogens is 2. The summed E-state index contributed by atoms with van der Waals surface area (Å²) in [4.78, 5) is 14.8. The highest BCUT2D eigenvalue weighted by Crippen LogP contribution is 2.30. The number of nitrogens with zero attached hydrogens (tertiary/aromatic N) is 1. The number of nitrogens with one attached hydrogen (secondary N) is 1. The van der Waals surface area contributed by atoms with E-state index in [1.165, 1.54) is 16.7 Å². The number of likely N-dealkylation sites (N-methyl/N-ethyl adjacent to an activating group) is 1.